The molecule has 1 aliphatic heterocycles. The zero-order valence-electron chi connectivity index (χ0n) is 20.2. The number of alkyl halides is 4. The summed E-state index contributed by atoms with van der Waals surface area (Å²) in [4.78, 5) is 31.6. The third-order valence-corrected chi connectivity index (χ3v) is 6.43. The van der Waals surface area contributed by atoms with Gasteiger partial charge in [-0.25, -0.2) is 4.39 Å². The van der Waals surface area contributed by atoms with E-state index >= 15 is 0 Å². The maximum atomic E-state index is 13.3. The molecule has 7 nitrogen and oxygen atoms in total. The van der Waals surface area contributed by atoms with E-state index in [9.17, 15) is 32.3 Å². The number of carbonyl (C=O) groups excluding carboxylic acids is 2. The number of nitrogens with one attached hydrogen (secondary N) is 1. The first kappa shape index (κ1) is 28.0. The lowest BCUT2D eigenvalue weighted by Crippen LogP contribution is -2.47. The fourth-order valence-electron chi connectivity index (χ4n) is 3.85. The Hall–Kier alpha value is -2.60. The summed E-state index contributed by atoms with van der Waals surface area (Å²) in [5.74, 6) is 0.0456. The Kier molecular flexibility index (Phi) is 8.71. The van der Waals surface area contributed by atoms with Crippen molar-refractivity contribution in [3.05, 3.63) is 35.5 Å². The Morgan fingerprint density at radius 3 is 2.47 bits per heavy atom. The number of thioether (sulfide) groups is 1. The summed E-state index contributed by atoms with van der Waals surface area (Å²) in [6, 6.07) is 1.86. The number of pyridine rings is 1. The third kappa shape index (κ3) is 7.00. The smallest absolute Gasteiger partial charge is 0.416 e. The molecule has 12 heteroatoms. The van der Waals surface area contributed by atoms with Gasteiger partial charge in [0.1, 0.15) is 18.4 Å². The molecular weight excluding hydrogens is 502 g/mol. The summed E-state index contributed by atoms with van der Waals surface area (Å²) in [5.41, 5.74) is -1.15. The fourth-order valence-corrected chi connectivity index (χ4v) is 4.75. The molecular formula is C24H29F4N3O4S. The van der Waals surface area contributed by atoms with Crippen LogP contribution in [0, 0.1) is 0 Å². The first-order valence-corrected chi connectivity index (χ1v) is 12.5. The molecule has 3 rings (SSSR count). The van der Waals surface area contributed by atoms with E-state index in [2.05, 4.69) is 10.3 Å². The van der Waals surface area contributed by atoms with Crippen LogP contribution in [0.25, 0.3) is 10.9 Å². The molecule has 0 aliphatic carbocycles. The van der Waals surface area contributed by atoms with Gasteiger partial charge in [0.15, 0.2) is 0 Å². The number of anilines is 1. The molecule has 2 aromatic rings. The number of esters is 1. The summed E-state index contributed by atoms with van der Waals surface area (Å²) in [6.45, 7) is 4.85. The second kappa shape index (κ2) is 11.2. The molecule has 0 spiro atoms. The van der Waals surface area contributed by atoms with Gasteiger partial charge in [0.05, 0.1) is 34.8 Å². The average Bonchev–Trinajstić information content (AvgIpc) is 2.80. The van der Waals surface area contributed by atoms with Crippen molar-refractivity contribution < 1.29 is 37.0 Å². The third-order valence-electron chi connectivity index (χ3n) is 5.49. The molecule has 0 saturated carbocycles. The highest BCUT2D eigenvalue weighted by molar-refractivity contribution is 7.99. The quantitative estimate of drug-likeness (QED) is 0.413. The minimum atomic E-state index is -4.55. The minimum Gasteiger partial charge on any atom is -0.460 e. The van der Waals surface area contributed by atoms with Gasteiger partial charge in [-0.3, -0.25) is 14.6 Å². The van der Waals surface area contributed by atoms with Gasteiger partial charge in [-0.1, -0.05) is 6.07 Å². The Labute approximate surface area is 210 Å². The highest BCUT2D eigenvalue weighted by Gasteiger charge is 2.32. The second-order valence-corrected chi connectivity index (χ2v) is 10.7. The molecule has 2 N–H and O–H groups in total. The van der Waals surface area contributed by atoms with Crippen LogP contribution < -0.4 is 10.2 Å². The van der Waals surface area contributed by atoms with E-state index in [0.29, 0.717) is 24.2 Å². The number of hydrogen-bond donors (Lipinski definition) is 2. The molecule has 198 valence electrons. The molecule has 1 amide bonds. The van der Waals surface area contributed by atoms with Crippen LogP contribution in [0.5, 0.6) is 0 Å². The predicted octanol–water partition coefficient (Wildman–Crippen LogP) is 3.97. The molecule has 36 heavy (non-hydrogen) atoms. The highest BCUT2D eigenvalue weighted by atomic mass is 32.2. The Morgan fingerprint density at radius 2 is 1.89 bits per heavy atom. The molecule has 2 unspecified atom stereocenters. The number of halogens is 4. The second-order valence-electron chi connectivity index (χ2n) is 9.44. The Morgan fingerprint density at radius 1 is 1.22 bits per heavy atom. The van der Waals surface area contributed by atoms with Gasteiger partial charge < -0.3 is 20.1 Å². The standard InChI is InChI=1S/C24H29F4N3O4S/c1-23(2,3)35-20(33)11-18(19(32)12-25)30-22(34)16-13-29-17-10-14(24(26,27)28)4-5-15(17)21(16)31-6-8-36-9-7-31/h4-5,10,13,18-19,32H,6-9,11-12H2,1-3H3,(H,30,34). The number of hydrogen-bond acceptors (Lipinski definition) is 7. The van der Waals surface area contributed by atoms with Gasteiger partial charge in [-0.15, -0.1) is 0 Å². The summed E-state index contributed by atoms with van der Waals surface area (Å²) in [6.07, 6.45) is -5.52. The predicted molar refractivity (Wildman–Crippen MR) is 130 cm³/mol. The number of amides is 1. The van der Waals surface area contributed by atoms with Crippen LogP contribution in [0.15, 0.2) is 24.4 Å². The van der Waals surface area contributed by atoms with Gasteiger partial charge in [-0.2, -0.15) is 24.9 Å². The lowest BCUT2D eigenvalue weighted by Gasteiger charge is -2.31. The lowest BCUT2D eigenvalue weighted by atomic mass is 10.0. The summed E-state index contributed by atoms with van der Waals surface area (Å²) in [7, 11) is 0. The van der Waals surface area contributed by atoms with Crippen LogP contribution >= 0.6 is 11.8 Å². The largest absolute Gasteiger partial charge is 0.460 e. The fraction of sp³-hybridized carbons (Fsp3) is 0.542. The number of nitrogens with zero attached hydrogens (tertiary/aromatic N) is 2. The lowest BCUT2D eigenvalue weighted by molar-refractivity contribution is -0.156. The van der Waals surface area contributed by atoms with Gasteiger partial charge in [0.2, 0.25) is 0 Å². The van der Waals surface area contributed by atoms with Crippen molar-refractivity contribution in [2.24, 2.45) is 0 Å². The van der Waals surface area contributed by atoms with Crippen LogP contribution in [-0.4, -0.2) is 71.0 Å². The molecule has 0 radical (unpaired) electrons. The molecule has 1 aromatic heterocycles. The van der Waals surface area contributed by atoms with E-state index < -0.39 is 54.5 Å². The number of aliphatic hydroxyl groups excluding tert-OH is 1. The van der Waals surface area contributed by atoms with Crippen LogP contribution in [0.2, 0.25) is 0 Å². The monoisotopic (exact) mass is 531 g/mol. The number of ether oxygens (including phenoxy) is 1. The van der Waals surface area contributed by atoms with E-state index in [4.69, 9.17) is 4.74 Å². The number of carbonyl (C=O) groups is 2. The first-order valence-electron chi connectivity index (χ1n) is 11.4. The van der Waals surface area contributed by atoms with Crippen molar-refractivity contribution in [3.8, 4) is 0 Å². The van der Waals surface area contributed by atoms with Gasteiger partial charge in [0, 0.05) is 36.2 Å². The van der Waals surface area contributed by atoms with Crippen LogP contribution in [0.1, 0.15) is 43.1 Å². The maximum Gasteiger partial charge on any atom is 0.416 e. The van der Waals surface area contributed by atoms with Crippen molar-refractivity contribution in [3.63, 3.8) is 0 Å². The van der Waals surface area contributed by atoms with E-state index in [1.54, 1.807) is 32.5 Å². The van der Waals surface area contributed by atoms with Crippen LogP contribution in [0.4, 0.5) is 23.2 Å². The molecule has 1 fully saturated rings. The van der Waals surface area contributed by atoms with Crippen molar-refractivity contribution >= 4 is 40.2 Å². The van der Waals surface area contributed by atoms with Crippen molar-refractivity contribution in [2.45, 2.75) is 51.1 Å². The van der Waals surface area contributed by atoms with Gasteiger partial charge >= 0.3 is 12.1 Å². The van der Waals surface area contributed by atoms with Crippen molar-refractivity contribution in [1.82, 2.24) is 10.3 Å². The van der Waals surface area contributed by atoms with E-state index in [1.165, 1.54) is 12.3 Å². The molecule has 1 aromatic carbocycles. The Bertz CT molecular complexity index is 1100. The summed E-state index contributed by atoms with van der Waals surface area (Å²) >= 11 is 1.71. The van der Waals surface area contributed by atoms with E-state index in [0.717, 1.165) is 23.6 Å². The topological polar surface area (TPSA) is 91.8 Å². The zero-order chi connectivity index (χ0) is 26.7. The molecule has 1 aliphatic rings. The van der Waals surface area contributed by atoms with Crippen LogP contribution in [-0.2, 0) is 15.7 Å². The minimum absolute atomic E-state index is 0.0504. The molecule has 2 heterocycles. The van der Waals surface area contributed by atoms with Gasteiger partial charge in [-0.05, 0) is 32.9 Å². The zero-order valence-corrected chi connectivity index (χ0v) is 21.0. The number of aliphatic hydroxyl groups is 1. The number of benzene rings is 1. The van der Waals surface area contributed by atoms with E-state index in [1.807, 2.05) is 4.90 Å². The molecule has 0 bridgehead atoms. The van der Waals surface area contributed by atoms with E-state index in [-0.39, 0.29) is 11.1 Å². The van der Waals surface area contributed by atoms with Crippen LogP contribution in [0.3, 0.4) is 0 Å². The number of aromatic nitrogens is 1. The molecule has 1 saturated heterocycles. The van der Waals surface area contributed by atoms with Crippen molar-refractivity contribution in [1.29, 1.82) is 0 Å². The average molecular weight is 532 g/mol. The maximum absolute atomic E-state index is 13.3. The van der Waals surface area contributed by atoms with Gasteiger partial charge in [0.25, 0.3) is 5.91 Å². The highest BCUT2D eigenvalue weighted by Crippen LogP contribution is 2.36. The summed E-state index contributed by atoms with van der Waals surface area (Å²) in [5, 5.41) is 13.0. The molecule has 2 atom stereocenters. The number of rotatable bonds is 7. The van der Waals surface area contributed by atoms with Crippen molar-refractivity contribution in [2.75, 3.05) is 36.2 Å². The SMILES string of the molecule is CC(C)(C)OC(=O)CC(NC(=O)c1cnc2cc(C(F)(F)F)ccc2c1N1CCSCC1)C(O)CF. The number of fused-ring (bicyclic) bond motifs is 1. The summed E-state index contributed by atoms with van der Waals surface area (Å²) < 4.78 is 58.3. The Balaban J connectivity index is 1.99. The first-order chi connectivity index (χ1) is 16.8. The normalized spacial score (nSPS) is 16.5.